The minimum absolute atomic E-state index is 0.208. The summed E-state index contributed by atoms with van der Waals surface area (Å²) >= 11 is 5.95. The normalized spacial score (nSPS) is 10.7. The van der Waals surface area contributed by atoms with Crippen molar-refractivity contribution >= 4 is 23.2 Å². The van der Waals surface area contributed by atoms with Crippen molar-refractivity contribution < 1.29 is 9.21 Å². The van der Waals surface area contributed by atoms with E-state index in [2.05, 4.69) is 10.3 Å². The molecule has 0 aliphatic heterocycles. The Balaban J connectivity index is 1.66. The fourth-order valence-corrected chi connectivity index (χ4v) is 3.20. The molecule has 1 heterocycles. The van der Waals surface area contributed by atoms with Crippen LogP contribution in [-0.2, 0) is 0 Å². The van der Waals surface area contributed by atoms with E-state index in [1.54, 1.807) is 24.4 Å². The molecule has 0 atom stereocenters. The molecule has 0 bridgehead atoms. The molecule has 0 saturated carbocycles. The molecule has 5 heteroatoms. The molecule has 0 spiro atoms. The second-order valence-electron chi connectivity index (χ2n) is 6.85. The SMILES string of the molecule is Cc1ccc(C)c(NC(=O)c2ccccc2-c2ncc(-c3ccc(Cl)cc3)o2)c1. The van der Waals surface area contributed by atoms with Gasteiger partial charge in [0, 0.05) is 21.8 Å². The molecule has 0 saturated heterocycles. The highest BCUT2D eigenvalue weighted by Crippen LogP contribution is 2.29. The van der Waals surface area contributed by atoms with Gasteiger partial charge in [-0.1, -0.05) is 35.9 Å². The molecule has 4 nitrogen and oxygen atoms in total. The number of benzene rings is 3. The van der Waals surface area contributed by atoms with E-state index in [0.29, 0.717) is 27.8 Å². The predicted octanol–water partition coefficient (Wildman–Crippen LogP) is 6.53. The third-order valence-corrected chi connectivity index (χ3v) is 4.93. The molecule has 4 rings (SSSR count). The van der Waals surface area contributed by atoms with E-state index in [1.807, 2.05) is 62.4 Å². The van der Waals surface area contributed by atoms with Crippen LogP contribution in [0.4, 0.5) is 5.69 Å². The summed E-state index contributed by atoms with van der Waals surface area (Å²) in [5.41, 5.74) is 4.88. The van der Waals surface area contributed by atoms with Crippen LogP contribution in [-0.4, -0.2) is 10.9 Å². The average molecular weight is 403 g/mol. The number of carbonyl (C=O) groups excluding carboxylic acids is 1. The number of nitrogens with zero attached hydrogens (tertiary/aromatic N) is 1. The predicted molar refractivity (Wildman–Crippen MR) is 116 cm³/mol. The van der Waals surface area contributed by atoms with Crippen LogP contribution in [0.3, 0.4) is 0 Å². The van der Waals surface area contributed by atoms with E-state index in [0.717, 1.165) is 22.4 Å². The molecule has 1 N–H and O–H groups in total. The van der Waals surface area contributed by atoms with Crippen LogP contribution in [0, 0.1) is 13.8 Å². The molecule has 3 aromatic carbocycles. The standard InChI is InChI=1S/C24H19ClN2O2/c1-15-7-8-16(2)21(13-15)27-23(28)19-5-3-4-6-20(19)24-26-14-22(29-24)17-9-11-18(25)12-10-17/h3-14H,1-2H3,(H,27,28). The number of hydrogen-bond acceptors (Lipinski definition) is 3. The maximum Gasteiger partial charge on any atom is 0.256 e. The number of oxazole rings is 1. The third kappa shape index (κ3) is 4.08. The summed E-state index contributed by atoms with van der Waals surface area (Å²) < 4.78 is 5.95. The van der Waals surface area contributed by atoms with Crippen LogP contribution < -0.4 is 5.32 Å². The summed E-state index contributed by atoms with van der Waals surface area (Å²) in [5, 5.41) is 3.65. The van der Waals surface area contributed by atoms with Crippen molar-refractivity contribution in [2.24, 2.45) is 0 Å². The van der Waals surface area contributed by atoms with E-state index in [4.69, 9.17) is 16.0 Å². The maximum absolute atomic E-state index is 13.0. The lowest BCUT2D eigenvalue weighted by molar-refractivity contribution is 0.102. The van der Waals surface area contributed by atoms with E-state index < -0.39 is 0 Å². The Kier molecular flexibility index (Phi) is 5.19. The molecule has 0 aliphatic carbocycles. The summed E-state index contributed by atoms with van der Waals surface area (Å²) in [4.78, 5) is 17.4. The topological polar surface area (TPSA) is 55.1 Å². The Hall–Kier alpha value is -3.37. The maximum atomic E-state index is 13.0. The van der Waals surface area contributed by atoms with Gasteiger partial charge in [0.15, 0.2) is 5.76 Å². The van der Waals surface area contributed by atoms with E-state index in [9.17, 15) is 4.79 Å². The number of anilines is 1. The second-order valence-corrected chi connectivity index (χ2v) is 7.29. The summed E-state index contributed by atoms with van der Waals surface area (Å²) in [7, 11) is 0. The molecular weight excluding hydrogens is 384 g/mol. The van der Waals surface area contributed by atoms with Crippen molar-refractivity contribution in [2.45, 2.75) is 13.8 Å². The second kappa shape index (κ2) is 7.94. The van der Waals surface area contributed by atoms with Gasteiger partial charge in [-0.15, -0.1) is 0 Å². The van der Waals surface area contributed by atoms with Gasteiger partial charge >= 0.3 is 0 Å². The number of nitrogens with one attached hydrogen (secondary N) is 1. The number of carbonyl (C=O) groups is 1. The Morgan fingerprint density at radius 2 is 1.76 bits per heavy atom. The lowest BCUT2D eigenvalue weighted by Crippen LogP contribution is -2.14. The first kappa shape index (κ1) is 19.0. The smallest absolute Gasteiger partial charge is 0.256 e. The minimum Gasteiger partial charge on any atom is -0.436 e. The highest BCUT2D eigenvalue weighted by molar-refractivity contribution is 6.30. The molecule has 0 fully saturated rings. The van der Waals surface area contributed by atoms with Crippen LogP contribution in [0.2, 0.25) is 5.02 Å². The molecule has 0 unspecified atom stereocenters. The van der Waals surface area contributed by atoms with Gasteiger partial charge in [0.2, 0.25) is 5.89 Å². The van der Waals surface area contributed by atoms with Crippen molar-refractivity contribution in [1.82, 2.24) is 4.98 Å². The highest BCUT2D eigenvalue weighted by atomic mass is 35.5. The van der Waals surface area contributed by atoms with Gasteiger partial charge in [-0.05, 0) is 67.4 Å². The van der Waals surface area contributed by atoms with Crippen LogP contribution >= 0.6 is 11.6 Å². The number of aryl methyl sites for hydroxylation is 2. The van der Waals surface area contributed by atoms with Crippen LogP contribution in [0.1, 0.15) is 21.5 Å². The van der Waals surface area contributed by atoms with Gasteiger partial charge in [-0.3, -0.25) is 4.79 Å². The number of halogens is 1. The van der Waals surface area contributed by atoms with E-state index in [-0.39, 0.29) is 5.91 Å². The van der Waals surface area contributed by atoms with E-state index in [1.165, 1.54) is 0 Å². The van der Waals surface area contributed by atoms with Gasteiger partial charge in [0.1, 0.15) is 0 Å². The van der Waals surface area contributed by atoms with Crippen molar-refractivity contribution in [3.63, 3.8) is 0 Å². The van der Waals surface area contributed by atoms with Gasteiger partial charge in [0.05, 0.1) is 11.8 Å². The van der Waals surface area contributed by atoms with Crippen LogP contribution in [0.15, 0.2) is 77.3 Å². The number of aromatic nitrogens is 1. The van der Waals surface area contributed by atoms with Gasteiger partial charge in [0.25, 0.3) is 5.91 Å². The number of rotatable bonds is 4. The lowest BCUT2D eigenvalue weighted by Gasteiger charge is -2.11. The zero-order chi connectivity index (χ0) is 20.4. The van der Waals surface area contributed by atoms with Crippen molar-refractivity contribution in [2.75, 3.05) is 5.32 Å². The zero-order valence-corrected chi connectivity index (χ0v) is 16.8. The average Bonchev–Trinajstić information content (AvgIpc) is 3.21. The lowest BCUT2D eigenvalue weighted by atomic mass is 10.1. The Labute approximate surface area is 174 Å². The Morgan fingerprint density at radius 3 is 2.55 bits per heavy atom. The van der Waals surface area contributed by atoms with Crippen LogP contribution in [0.25, 0.3) is 22.8 Å². The largest absolute Gasteiger partial charge is 0.436 e. The fraction of sp³-hybridized carbons (Fsp3) is 0.0833. The third-order valence-electron chi connectivity index (χ3n) is 4.68. The quantitative estimate of drug-likeness (QED) is 0.422. The molecule has 1 amide bonds. The first-order valence-corrected chi connectivity index (χ1v) is 9.59. The first-order valence-electron chi connectivity index (χ1n) is 9.21. The molecule has 0 aliphatic rings. The summed E-state index contributed by atoms with van der Waals surface area (Å²) in [6.45, 7) is 3.96. The van der Waals surface area contributed by atoms with Gasteiger partial charge < -0.3 is 9.73 Å². The molecular formula is C24H19ClN2O2. The van der Waals surface area contributed by atoms with Crippen molar-refractivity contribution in [3.8, 4) is 22.8 Å². The molecule has 0 radical (unpaired) electrons. The molecule has 1 aromatic heterocycles. The highest BCUT2D eigenvalue weighted by Gasteiger charge is 2.17. The fourth-order valence-electron chi connectivity index (χ4n) is 3.07. The Morgan fingerprint density at radius 1 is 1.00 bits per heavy atom. The molecule has 29 heavy (non-hydrogen) atoms. The van der Waals surface area contributed by atoms with Crippen LogP contribution in [0.5, 0.6) is 0 Å². The summed E-state index contributed by atoms with van der Waals surface area (Å²) in [6.07, 6.45) is 1.65. The van der Waals surface area contributed by atoms with Crippen molar-refractivity contribution in [1.29, 1.82) is 0 Å². The monoisotopic (exact) mass is 402 g/mol. The number of hydrogen-bond donors (Lipinski definition) is 1. The van der Waals surface area contributed by atoms with Crippen molar-refractivity contribution in [3.05, 3.63) is 94.6 Å². The number of amides is 1. The Bertz CT molecular complexity index is 1180. The van der Waals surface area contributed by atoms with E-state index >= 15 is 0 Å². The zero-order valence-electron chi connectivity index (χ0n) is 16.1. The molecule has 4 aromatic rings. The molecule has 144 valence electrons. The summed E-state index contributed by atoms with van der Waals surface area (Å²) in [6, 6.07) is 20.6. The first-order chi connectivity index (χ1) is 14.0. The van der Waals surface area contributed by atoms with Gasteiger partial charge in [-0.2, -0.15) is 0 Å². The van der Waals surface area contributed by atoms with Gasteiger partial charge in [-0.25, -0.2) is 4.98 Å². The summed E-state index contributed by atoms with van der Waals surface area (Å²) in [5.74, 6) is 0.795. The minimum atomic E-state index is -0.208.